The van der Waals surface area contributed by atoms with Gasteiger partial charge < -0.3 is 11.1 Å². The van der Waals surface area contributed by atoms with Crippen molar-refractivity contribution in [2.24, 2.45) is 12.8 Å². The number of aromatic nitrogens is 4. The first kappa shape index (κ1) is 11.6. The number of hydrogen-bond acceptors (Lipinski definition) is 6. The van der Waals surface area contributed by atoms with Crippen molar-refractivity contribution in [2.45, 2.75) is 0 Å². The number of aryl methyl sites for hydroxylation is 1. The Hall–Kier alpha value is -1.87. The van der Waals surface area contributed by atoms with Crippen molar-refractivity contribution in [1.82, 2.24) is 19.4 Å². The van der Waals surface area contributed by atoms with E-state index in [0.717, 1.165) is 11.5 Å². The van der Waals surface area contributed by atoms with Gasteiger partial charge in [0.05, 0.1) is 18.0 Å². The van der Waals surface area contributed by atoms with Crippen molar-refractivity contribution in [3.8, 4) is 0 Å². The Morgan fingerprint density at radius 1 is 1.59 bits per heavy atom. The third kappa shape index (κ3) is 2.29. The molecule has 2 rings (SSSR count). The molecule has 9 heteroatoms. The number of amides is 1. The van der Waals surface area contributed by atoms with E-state index >= 15 is 0 Å². The maximum Gasteiger partial charge on any atom is 0.270 e. The van der Waals surface area contributed by atoms with Gasteiger partial charge in [0, 0.05) is 7.05 Å². The zero-order valence-corrected chi connectivity index (χ0v) is 10.4. The lowest BCUT2D eigenvalue weighted by molar-refractivity contribution is 0.102. The Morgan fingerprint density at radius 2 is 2.35 bits per heavy atom. The van der Waals surface area contributed by atoms with Crippen LogP contribution in [-0.2, 0) is 7.05 Å². The molecule has 0 spiro atoms. The summed E-state index contributed by atoms with van der Waals surface area (Å²) in [6.45, 7) is 0. The Kier molecular flexibility index (Phi) is 3.11. The molecule has 0 radical (unpaired) electrons. The van der Waals surface area contributed by atoms with Crippen LogP contribution in [0.5, 0.6) is 0 Å². The van der Waals surface area contributed by atoms with Gasteiger partial charge in [-0.15, -0.1) is 5.10 Å². The highest BCUT2D eigenvalue weighted by Crippen LogP contribution is 2.15. The number of nitrogens with zero attached hydrogens (tertiary/aromatic N) is 4. The minimum absolute atomic E-state index is 0.177. The minimum atomic E-state index is -0.318. The number of nitrogens with one attached hydrogen (secondary N) is 1. The number of thiocarbonyl (C=S) groups is 1. The normalized spacial score (nSPS) is 10.2. The molecule has 0 unspecified atom stereocenters. The number of carbonyl (C=O) groups excluding carboxylic acids is 1. The van der Waals surface area contributed by atoms with E-state index in [1.807, 2.05) is 0 Å². The van der Waals surface area contributed by atoms with Crippen LogP contribution in [0.15, 0.2) is 12.4 Å². The lowest BCUT2D eigenvalue weighted by atomic mass is 10.3. The molecule has 0 aliphatic rings. The topological polar surface area (TPSA) is 98.7 Å². The van der Waals surface area contributed by atoms with Crippen LogP contribution >= 0.6 is 23.8 Å². The van der Waals surface area contributed by atoms with Crippen LogP contribution in [-0.4, -0.2) is 30.3 Å². The van der Waals surface area contributed by atoms with Gasteiger partial charge in [-0.2, -0.15) is 5.10 Å². The predicted molar refractivity (Wildman–Crippen MR) is 67.0 cm³/mol. The van der Waals surface area contributed by atoms with Crippen LogP contribution < -0.4 is 11.1 Å². The van der Waals surface area contributed by atoms with Gasteiger partial charge in [0.1, 0.15) is 15.7 Å². The predicted octanol–water partition coefficient (Wildman–Crippen LogP) is 0.158. The van der Waals surface area contributed by atoms with Gasteiger partial charge in [0.25, 0.3) is 5.91 Å². The second-order valence-electron chi connectivity index (χ2n) is 3.13. The van der Waals surface area contributed by atoms with E-state index in [1.165, 1.54) is 17.1 Å². The molecule has 2 aromatic heterocycles. The highest BCUT2D eigenvalue weighted by molar-refractivity contribution is 7.80. The second kappa shape index (κ2) is 4.55. The standard InChI is InChI=1S/C8H8N6OS2/c1-14-7(4(2-11-14)6(9)16)12-8(15)5-3-10-13-17-5/h2-3H,1H3,(H2,9,16)(H,12,15). The molecule has 2 aromatic rings. The molecule has 7 nitrogen and oxygen atoms in total. The summed E-state index contributed by atoms with van der Waals surface area (Å²) in [6.07, 6.45) is 2.89. The third-order valence-electron chi connectivity index (χ3n) is 2.02. The van der Waals surface area contributed by atoms with Gasteiger partial charge in [0.2, 0.25) is 0 Å². The number of rotatable bonds is 3. The van der Waals surface area contributed by atoms with Gasteiger partial charge in [-0.1, -0.05) is 16.7 Å². The molecule has 0 saturated heterocycles. The summed E-state index contributed by atoms with van der Waals surface area (Å²) >= 11 is 5.87. The average molecular weight is 268 g/mol. The summed E-state index contributed by atoms with van der Waals surface area (Å²) < 4.78 is 5.10. The molecule has 2 heterocycles. The lowest BCUT2D eigenvalue weighted by Gasteiger charge is -2.05. The molecule has 0 atom stereocenters. The van der Waals surface area contributed by atoms with Crippen LogP contribution in [0.1, 0.15) is 15.2 Å². The van der Waals surface area contributed by atoms with Crippen molar-refractivity contribution in [3.05, 3.63) is 22.8 Å². The molecule has 1 amide bonds. The molecular weight excluding hydrogens is 260 g/mol. The molecule has 0 fully saturated rings. The highest BCUT2D eigenvalue weighted by atomic mass is 32.1. The number of hydrogen-bond donors (Lipinski definition) is 2. The summed E-state index contributed by atoms with van der Waals surface area (Å²) in [5.41, 5.74) is 6.05. The highest BCUT2D eigenvalue weighted by Gasteiger charge is 2.16. The smallest absolute Gasteiger partial charge is 0.270 e. The fourth-order valence-corrected chi connectivity index (χ4v) is 1.76. The Bertz CT molecular complexity index is 561. The van der Waals surface area contributed by atoms with E-state index in [0.29, 0.717) is 16.3 Å². The van der Waals surface area contributed by atoms with E-state index in [2.05, 4.69) is 20.0 Å². The average Bonchev–Trinajstić information content (AvgIpc) is 2.89. The second-order valence-corrected chi connectivity index (χ2v) is 4.36. The quantitative estimate of drug-likeness (QED) is 0.769. The molecule has 0 aromatic carbocycles. The largest absolute Gasteiger partial charge is 0.389 e. The molecule has 0 saturated carbocycles. The molecular formula is C8H8N6OS2. The van der Waals surface area contributed by atoms with E-state index in [-0.39, 0.29) is 10.9 Å². The van der Waals surface area contributed by atoms with Gasteiger partial charge in [-0.3, -0.25) is 9.48 Å². The van der Waals surface area contributed by atoms with Gasteiger partial charge >= 0.3 is 0 Å². The van der Waals surface area contributed by atoms with E-state index in [4.69, 9.17) is 18.0 Å². The van der Waals surface area contributed by atoms with E-state index in [1.54, 1.807) is 7.05 Å². The summed E-state index contributed by atoms with van der Waals surface area (Å²) in [5, 5.41) is 10.2. The summed E-state index contributed by atoms with van der Waals surface area (Å²) in [7, 11) is 1.68. The molecule has 0 aliphatic carbocycles. The van der Waals surface area contributed by atoms with Crippen molar-refractivity contribution < 1.29 is 4.79 Å². The molecule has 0 aliphatic heterocycles. The van der Waals surface area contributed by atoms with Crippen LogP contribution in [0.2, 0.25) is 0 Å². The van der Waals surface area contributed by atoms with Gasteiger partial charge in [-0.25, -0.2) is 0 Å². The maximum absolute atomic E-state index is 11.8. The first-order chi connectivity index (χ1) is 8.09. The van der Waals surface area contributed by atoms with E-state index in [9.17, 15) is 4.79 Å². The summed E-state index contributed by atoms with van der Waals surface area (Å²) in [5.74, 6) is 0.136. The summed E-state index contributed by atoms with van der Waals surface area (Å²) in [6, 6.07) is 0. The first-order valence-electron chi connectivity index (χ1n) is 4.50. The van der Waals surface area contributed by atoms with Crippen LogP contribution in [0.3, 0.4) is 0 Å². The Morgan fingerprint density at radius 3 is 2.94 bits per heavy atom. The Labute approximate surface area is 106 Å². The third-order valence-corrected chi connectivity index (χ3v) is 2.90. The zero-order chi connectivity index (χ0) is 12.4. The molecule has 0 bridgehead atoms. The van der Waals surface area contributed by atoms with Crippen molar-refractivity contribution >= 4 is 40.5 Å². The Balaban J connectivity index is 2.27. The maximum atomic E-state index is 11.8. The van der Waals surface area contributed by atoms with Crippen LogP contribution in [0.25, 0.3) is 0 Å². The minimum Gasteiger partial charge on any atom is -0.389 e. The first-order valence-corrected chi connectivity index (χ1v) is 5.68. The molecule has 17 heavy (non-hydrogen) atoms. The fraction of sp³-hybridized carbons (Fsp3) is 0.125. The lowest BCUT2D eigenvalue weighted by Crippen LogP contribution is -2.18. The van der Waals surface area contributed by atoms with Crippen molar-refractivity contribution in [1.29, 1.82) is 0 Å². The van der Waals surface area contributed by atoms with Gasteiger partial charge in [0.15, 0.2) is 0 Å². The zero-order valence-electron chi connectivity index (χ0n) is 8.75. The number of carbonyl (C=O) groups is 1. The van der Waals surface area contributed by atoms with Crippen LogP contribution in [0.4, 0.5) is 5.82 Å². The summed E-state index contributed by atoms with van der Waals surface area (Å²) in [4.78, 5) is 12.4. The van der Waals surface area contributed by atoms with Gasteiger partial charge in [-0.05, 0) is 11.5 Å². The fourth-order valence-electron chi connectivity index (χ4n) is 1.20. The van der Waals surface area contributed by atoms with E-state index < -0.39 is 0 Å². The molecule has 3 N–H and O–H groups in total. The van der Waals surface area contributed by atoms with Crippen LogP contribution in [0, 0.1) is 0 Å². The monoisotopic (exact) mass is 268 g/mol. The SMILES string of the molecule is Cn1ncc(C(N)=S)c1NC(=O)c1cnns1. The molecule has 88 valence electrons. The van der Waals surface area contributed by atoms with Crippen molar-refractivity contribution in [2.75, 3.05) is 5.32 Å². The number of anilines is 1. The van der Waals surface area contributed by atoms with Crippen molar-refractivity contribution in [3.63, 3.8) is 0 Å². The number of nitrogens with two attached hydrogens (primary N) is 1.